The van der Waals surface area contributed by atoms with Crippen LogP contribution in [0.2, 0.25) is 0 Å². The van der Waals surface area contributed by atoms with Gasteiger partial charge in [0.15, 0.2) is 0 Å². The van der Waals surface area contributed by atoms with Crippen molar-refractivity contribution in [3.63, 3.8) is 0 Å². The minimum atomic E-state index is 0.0688. The summed E-state index contributed by atoms with van der Waals surface area (Å²) < 4.78 is 5.64. The van der Waals surface area contributed by atoms with Crippen LogP contribution in [0.15, 0.2) is 46.9 Å². The highest BCUT2D eigenvalue weighted by Crippen LogP contribution is 2.29. The number of amides is 1. The van der Waals surface area contributed by atoms with E-state index < -0.39 is 0 Å². The predicted molar refractivity (Wildman–Crippen MR) is 117 cm³/mol. The van der Waals surface area contributed by atoms with Crippen molar-refractivity contribution >= 4 is 5.91 Å². The molecule has 31 heavy (non-hydrogen) atoms. The van der Waals surface area contributed by atoms with Crippen LogP contribution in [0.5, 0.6) is 0 Å². The summed E-state index contributed by atoms with van der Waals surface area (Å²) in [5, 5.41) is 17.1. The van der Waals surface area contributed by atoms with Crippen LogP contribution in [-0.4, -0.2) is 34.1 Å². The zero-order chi connectivity index (χ0) is 21.8. The zero-order valence-electron chi connectivity index (χ0n) is 18.0. The molecule has 4 rings (SSSR count). The molecule has 0 atom stereocenters. The Morgan fingerprint density at radius 2 is 1.84 bits per heavy atom. The molecular formula is C25H26N4O2. The van der Waals surface area contributed by atoms with E-state index in [1.807, 2.05) is 61.2 Å². The molecule has 0 bridgehead atoms. The first-order valence-corrected chi connectivity index (χ1v) is 10.8. The molecule has 0 saturated carbocycles. The fraction of sp³-hybridized carbons (Fsp3) is 0.360. The molecule has 0 unspecified atom stereocenters. The molecule has 1 aliphatic rings. The van der Waals surface area contributed by atoms with Crippen LogP contribution < -0.4 is 0 Å². The molecule has 1 amide bonds. The fourth-order valence-corrected chi connectivity index (χ4v) is 4.09. The normalized spacial score (nSPS) is 14.4. The topological polar surface area (TPSA) is 83.0 Å². The number of carbonyl (C=O) groups excluding carboxylic acids is 1. The molecule has 0 N–H and O–H groups in total. The number of hydrogen-bond donors (Lipinski definition) is 0. The molecule has 2 aromatic carbocycles. The van der Waals surface area contributed by atoms with Gasteiger partial charge < -0.3 is 9.32 Å². The number of rotatable bonds is 5. The van der Waals surface area contributed by atoms with Crippen LogP contribution in [0, 0.1) is 18.3 Å². The number of nitrogens with zero attached hydrogens (tertiary/aromatic N) is 4. The van der Waals surface area contributed by atoms with Gasteiger partial charge in [-0.25, -0.2) is 0 Å². The fourth-order valence-electron chi connectivity index (χ4n) is 4.09. The third kappa shape index (κ3) is 4.66. The second kappa shape index (κ2) is 9.13. The van der Waals surface area contributed by atoms with Crippen LogP contribution >= 0.6 is 0 Å². The largest absolute Gasteiger partial charge is 0.425 e. The molecule has 0 radical (unpaired) electrons. The van der Waals surface area contributed by atoms with Gasteiger partial charge in [-0.2, -0.15) is 5.26 Å². The van der Waals surface area contributed by atoms with Crippen molar-refractivity contribution in [3.05, 3.63) is 82.1 Å². The maximum Gasteiger partial charge on any atom is 0.253 e. The zero-order valence-corrected chi connectivity index (χ0v) is 18.0. The van der Waals surface area contributed by atoms with Crippen LogP contribution in [-0.2, 0) is 12.8 Å². The molecular weight excluding hydrogens is 388 g/mol. The van der Waals surface area contributed by atoms with Gasteiger partial charge in [0.1, 0.15) is 0 Å². The maximum atomic E-state index is 13.1. The summed E-state index contributed by atoms with van der Waals surface area (Å²) in [6, 6.07) is 15.8. The summed E-state index contributed by atoms with van der Waals surface area (Å²) in [7, 11) is 0. The van der Waals surface area contributed by atoms with E-state index in [1.54, 1.807) is 0 Å². The van der Waals surface area contributed by atoms with E-state index in [0.29, 0.717) is 41.7 Å². The van der Waals surface area contributed by atoms with Gasteiger partial charge in [0.2, 0.25) is 11.8 Å². The van der Waals surface area contributed by atoms with Crippen molar-refractivity contribution in [1.29, 1.82) is 5.26 Å². The van der Waals surface area contributed by atoms with Crippen LogP contribution in [0.1, 0.15) is 70.1 Å². The average Bonchev–Trinajstić information content (AvgIpc) is 3.28. The number of carbonyl (C=O) groups is 1. The van der Waals surface area contributed by atoms with Gasteiger partial charge in [-0.3, -0.25) is 4.79 Å². The highest BCUT2D eigenvalue weighted by Gasteiger charge is 2.25. The first kappa shape index (κ1) is 20.8. The average molecular weight is 415 g/mol. The van der Waals surface area contributed by atoms with Gasteiger partial charge in [0.05, 0.1) is 18.1 Å². The molecule has 3 aromatic rings. The lowest BCUT2D eigenvalue weighted by Gasteiger charge is -2.32. The van der Waals surface area contributed by atoms with Gasteiger partial charge in [0, 0.05) is 25.1 Å². The van der Waals surface area contributed by atoms with E-state index in [1.165, 1.54) is 5.56 Å². The summed E-state index contributed by atoms with van der Waals surface area (Å²) in [4.78, 5) is 15.1. The Morgan fingerprint density at radius 3 is 2.48 bits per heavy atom. The Labute approximate surface area is 182 Å². The summed E-state index contributed by atoms with van der Waals surface area (Å²) in [6.07, 6.45) is 3.10. The SMILES string of the molecule is CCc1nnc(Cc2cc(C(=O)N3CCC(c4ccc(C#N)cc4)CC3)ccc2C)o1. The second-order valence-corrected chi connectivity index (χ2v) is 8.06. The van der Waals surface area contributed by atoms with E-state index >= 15 is 0 Å². The molecule has 6 nitrogen and oxygen atoms in total. The molecule has 6 heteroatoms. The van der Waals surface area contributed by atoms with Crippen LogP contribution in [0.4, 0.5) is 0 Å². The number of nitriles is 1. The maximum absolute atomic E-state index is 13.1. The number of benzene rings is 2. The van der Waals surface area contributed by atoms with E-state index in [9.17, 15) is 4.79 Å². The van der Waals surface area contributed by atoms with Gasteiger partial charge in [-0.15, -0.1) is 10.2 Å². The molecule has 2 heterocycles. The van der Waals surface area contributed by atoms with Crippen molar-refractivity contribution in [2.24, 2.45) is 0 Å². The number of piperidine rings is 1. The minimum absolute atomic E-state index is 0.0688. The van der Waals surface area contributed by atoms with E-state index in [4.69, 9.17) is 9.68 Å². The Morgan fingerprint density at radius 1 is 1.13 bits per heavy atom. The lowest BCUT2D eigenvalue weighted by Crippen LogP contribution is -2.38. The highest BCUT2D eigenvalue weighted by atomic mass is 16.4. The summed E-state index contributed by atoms with van der Waals surface area (Å²) in [6.45, 7) is 5.47. The van der Waals surface area contributed by atoms with Crippen molar-refractivity contribution in [1.82, 2.24) is 15.1 Å². The predicted octanol–water partition coefficient (Wildman–Crippen LogP) is 4.42. The Bertz CT molecular complexity index is 1100. The van der Waals surface area contributed by atoms with Crippen molar-refractivity contribution < 1.29 is 9.21 Å². The Kier molecular flexibility index (Phi) is 6.13. The number of likely N-dealkylation sites (tertiary alicyclic amines) is 1. The summed E-state index contributed by atoms with van der Waals surface area (Å²) >= 11 is 0. The van der Waals surface area contributed by atoms with E-state index in [0.717, 1.165) is 37.1 Å². The molecule has 158 valence electrons. The first-order chi connectivity index (χ1) is 15.1. The molecule has 1 aromatic heterocycles. The third-order valence-electron chi connectivity index (χ3n) is 6.04. The number of aromatic nitrogens is 2. The van der Waals surface area contributed by atoms with Gasteiger partial charge in [0.25, 0.3) is 5.91 Å². The first-order valence-electron chi connectivity index (χ1n) is 10.8. The van der Waals surface area contributed by atoms with Crippen molar-refractivity contribution in [2.45, 2.75) is 45.4 Å². The Hall–Kier alpha value is -3.46. The molecule has 0 spiro atoms. The van der Waals surface area contributed by atoms with Crippen LogP contribution in [0.25, 0.3) is 0 Å². The molecule has 1 aliphatic heterocycles. The second-order valence-electron chi connectivity index (χ2n) is 8.06. The van der Waals surface area contributed by atoms with E-state index in [-0.39, 0.29) is 5.91 Å². The van der Waals surface area contributed by atoms with Gasteiger partial charge in [-0.1, -0.05) is 25.1 Å². The standard InChI is InChI=1S/C25H26N4O2/c1-3-23-27-28-24(31-23)15-22-14-21(7-4-17(22)2)25(30)29-12-10-20(11-13-29)19-8-5-18(16-26)6-9-19/h4-9,14,20H,3,10-13,15H2,1-2H3. The lowest BCUT2D eigenvalue weighted by molar-refractivity contribution is 0.0713. The number of hydrogen-bond acceptors (Lipinski definition) is 5. The lowest BCUT2D eigenvalue weighted by atomic mass is 9.88. The molecule has 1 fully saturated rings. The molecule has 0 aliphatic carbocycles. The van der Waals surface area contributed by atoms with Crippen molar-refractivity contribution in [3.8, 4) is 6.07 Å². The quantitative estimate of drug-likeness (QED) is 0.617. The van der Waals surface area contributed by atoms with Gasteiger partial charge >= 0.3 is 0 Å². The van der Waals surface area contributed by atoms with Crippen LogP contribution in [0.3, 0.4) is 0 Å². The van der Waals surface area contributed by atoms with Crippen molar-refractivity contribution in [2.75, 3.05) is 13.1 Å². The smallest absolute Gasteiger partial charge is 0.253 e. The monoisotopic (exact) mass is 414 g/mol. The number of aryl methyl sites for hydroxylation is 2. The van der Waals surface area contributed by atoms with Gasteiger partial charge in [-0.05, 0) is 66.6 Å². The summed E-state index contributed by atoms with van der Waals surface area (Å²) in [5.41, 5.74) is 4.76. The Balaban J connectivity index is 1.42. The minimum Gasteiger partial charge on any atom is -0.425 e. The van der Waals surface area contributed by atoms with E-state index in [2.05, 4.69) is 16.3 Å². The third-order valence-corrected chi connectivity index (χ3v) is 6.04. The molecule has 1 saturated heterocycles. The summed E-state index contributed by atoms with van der Waals surface area (Å²) in [5.74, 6) is 1.70. The highest BCUT2D eigenvalue weighted by molar-refractivity contribution is 5.94.